The fourth-order valence-electron chi connectivity index (χ4n) is 5.36. The molecular formula is C35H37Cl2N. The van der Waals surface area contributed by atoms with E-state index in [0.29, 0.717) is 10.0 Å². The summed E-state index contributed by atoms with van der Waals surface area (Å²) >= 11 is 13.0. The Bertz CT molecular complexity index is 1400. The standard InChI is InChI=1S/C35H37Cl2N/c1-34(2,3)26-10-15-28(16-11-26)38(29-17-12-27(13-18-29)35(4,5)6)30-14-7-23-8-19-31-24(21-25(23)22-30)9-20-32(36)33(31)37/h7,9-18,20,22H,8,19,21H2,1-6H3. The summed E-state index contributed by atoms with van der Waals surface area (Å²) in [5.41, 5.74) is 11.5. The van der Waals surface area contributed by atoms with Gasteiger partial charge < -0.3 is 4.90 Å². The van der Waals surface area contributed by atoms with E-state index < -0.39 is 0 Å². The van der Waals surface area contributed by atoms with Crippen molar-refractivity contribution in [1.82, 2.24) is 0 Å². The number of anilines is 3. The molecule has 0 fully saturated rings. The minimum absolute atomic E-state index is 0.110. The van der Waals surface area contributed by atoms with Crippen LogP contribution >= 0.6 is 23.2 Å². The molecule has 0 aliphatic heterocycles. The van der Waals surface area contributed by atoms with Crippen LogP contribution in [-0.2, 0) is 30.1 Å². The molecule has 0 bridgehead atoms. The van der Waals surface area contributed by atoms with E-state index in [1.165, 1.54) is 39.1 Å². The summed E-state index contributed by atoms with van der Waals surface area (Å²) in [6.45, 7) is 13.6. The van der Waals surface area contributed by atoms with Crippen molar-refractivity contribution in [2.24, 2.45) is 0 Å². The molecule has 0 saturated carbocycles. The van der Waals surface area contributed by atoms with Crippen LogP contribution in [0.1, 0.15) is 74.9 Å². The highest BCUT2D eigenvalue weighted by atomic mass is 35.5. The smallest absolute Gasteiger partial charge is 0.0627 e. The second kappa shape index (κ2) is 10.1. The Morgan fingerprint density at radius 2 is 1.05 bits per heavy atom. The van der Waals surface area contributed by atoms with Gasteiger partial charge in [-0.25, -0.2) is 0 Å². The molecule has 38 heavy (non-hydrogen) atoms. The van der Waals surface area contributed by atoms with Crippen LogP contribution in [0.25, 0.3) is 0 Å². The van der Waals surface area contributed by atoms with Gasteiger partial charge >= 0.3 is 0 Å². The zero-order valence-electron chi connectivity index (χ0n) is 23.3. The van der Waals surface area contributed by atoms with Crippen LogP contribution in [0.4, 0.5) is 17.1 Å². The van der Waals surface area contributed by atoms with E-state index in [0.717, 1.165) is 30.6 Å². The molecule has 0 atom stereocenters. The Balaban J connectivity index is 1.60. The minimum Gasteiger partial charge on any atom is -0.310 e. The van der Waals surface area contributed by atoms with E-state index in [1.54, 1.807) is 0 Å². The van der Waals surface area contributed by atoms with Gasteiger partial charge in [-0.3, -0.25) is 0 Å². The minimum atomic E-state index is 0.110. The Morgan fingerprint density at radius 3 is 1.58 bits per heavy atom. The fraction of sp³-hybridized carbons (Fsp3) is 0.314. The zero-order chi connectivity index (χ0) is 27.2. The van der Waals surface area contributed by atoms with Gasteiger partial charge in [0.25, 0.3) is 0 Å². The largest absolute Gasteiger partial charge is 0.310 e. The molecule has 4 aromatic rings. The predicted molar refractivity (Wildman–Crippen MR) is 165 cm³/mol. The highest BCUT2D eigenvalue weighted by molar-refractivity contribution is 6.42. The molecule has 3 heteroatoms. The van der Waals surface area contributed by atoms with Crippen molar-refractivity contribution in [3.63, 3.8) is 0 Å². The first-order chi connectivity index (χ1) is 17.9. The highest BCUT2D eigenvalue weighted by Gasteiger charge is 2.21. The predicted octanol–water partition coefficient (Wildman–Crippen LogP) is 10.7. The van der Waals surface area contributed by atoms with Crippen molar-refractivity contribution in [3.8, 4) is 0 Å². The average molecular weight is 543 g/mol. The lowest BCUT2D eigenvalue weighted by atomic mass is 9.86. The van der Waals surface area contributed by atoms with Crippen LogP contribution in [0, 0.1) is 0 Å². The lowest BCUT2D eigenvalue weighted by molar-refractivity contribution is 0.590. The topological polar surface area (TPSA) is 3.24 Å². The highest BCUT2D eigenvalue weighted by Crippen LogP contribution is 2.40. The average Bonchev–Trinajstić information content (AvgIpc) is 3.05. The molecule has 196 valence electrons. The van der Waals surface area contributed by atoms with Crippen molar-refractivity contribution in [3.05, 3.63) is 122 Å². The monoisotopic (exact) mass is 541 g/mol. The van der Waals surface area contributed by atoms with E-state index in [-0.39, 0.29) is 10.8 Å². The lowest BCUT2D eigenvalue weighted by Crippen LogP contribution is -2.14. The summed E-state index contributed by atoms with van der Waals surface area (Å²) in [6.07, 6.45) is 2.73. The van der Waals surface area contributed by atoms with Crippen molar-refractivity contribution >= 4 is 40.3 Å². The molecule has 0 aromatic heterocycles. The van der Waals surface area contributed by atoms with Crippen molar-refractivity contribution < 1.29 is 0 Å². The summed E-state index contributed by atoms with van der Waals surface area (Å²) in [6, 6.07) is 29.0. The fourth-order valence-corrected chi connectivity index (χ4v) is 5.82. The molecule has 1 aliphatic carbocycles. The number of hydrogen-bond acceptors (Lipinski definition) is 1. The first kappa shape index (κ1) is 26.9. The maximum Gasteiger partial charge on any atom is 0.0627 e. The van der Waals surface area contributed by atoms with Crippen LogP contribution in [0.2, 0.25) is 10.0 Å². The first-order valence-electron chi connectivity index (χ1n) is 13.5. The van der Waals surface area contributed by atoms with E-state index in [4.69, 9.17) is 23.2 Å². The number of hydrogen-bond donors (Lipinski definition) is 0. The summed E-state index contributed by atoms with van der Waals surface area (Å²) in [4.78, 5) is 2.37. The van der Waals surface area contributed by atoms with E-state index in [9.17, 15) is 0 Å². The third-order valence-electron chi connectivity index (χ3n) is 7.75. The third-order valence-corrected chi connectivity index (χ3v) is 8.59. The Kier molecular flexibility index (Phi) is 7.14. The van der Waals surface area contributed by atoms with Gasteiger partial charge in [0.05, 0.1) is 10.0 Å². The van der Waals surface area contributed by atoms with Crippen molar-refractivity contribution in [1.29, 1.82) is 0 Å². The molecule has 0 amide bonds. The molecule has 4 aromatic carbocycles. The third kappa shape index (κ3) is 5.37. The first-order valence-corrected chi connectivity index (χ1v) is 14.3. The molecule has 0 heterocycles. The molecule has 0 unspecified atom stereocenters. The quantitative estimate of drug-likeness (QED) is 0.249. The van der Waals surface area contributed by atoms with Gasteiger partial charge in [-0.1, -0.05) is 101 Å². The second-order valence-electron chi connectivity index (χ2n) is 12.6. The maximum absolute atomic E-state index is 6.62. The molecule has 0 radical (unpaired) electrons. The molecule has 0 N–H and O–H groups in total. The SMILES string of the molecule is CC(C)(C)c1ccc(N(c2ccc(C(C)(C)C)cc2)c2ccc3c(c2)Cc2ccc(Cl)c(Cl)c2CC3)cc1. The van der Waals surface area contributed by atoms with Gasteiger partial charge in [-0.2, -0.15) is 0 Å². The maximum atomic E-state index is 6.62. The number of aryl methyl sites for hydroxylation is 1. The summed E-state index contributed by atoms with van der Waals surface area (Å²) in [5, 5.41) is 1.34. The second-order valence-corrected chi connectivity index (χ2v) is 13.3. The molecule has 1 nitrogen and oxygen atoms in total. The Labute approximate surface area is 238 Å². The van der Waals surface area contributed by atoms with E-state index in [1.807, 2.05) is 6.07 Å². The number of nitrogens with zero attached hydrogens (tertiary/aromatic N) is 1. The van der Waals surface area contributed by atoms with E-state index in [2.05, 4.69) is 119 Å². The molecule has 0 saturated heterocycles. The number of benzene rings is 4. The lowest BCUT2D eigenvalue weighted by Gasteiger charge is -2.28. The molecule has 1 aliphatic rings. The van der Waals surface area contributed by atoms with Crippen LogP contribution < -0.4 is 4.90 Å². The van der Waals surface area contributed by atoms with E-state index >= 15 is 0 Å². The van der Waals surface area contributed by atoms with Gasteiger partial charge in [0.1, 0.15) is 0 Å². The van der Waals surface area contributed by atoms with Gasteiger partial charge in [0, 0.05) is 17.1 Å². The van der Waals surface area contributed by atoms with Gasteiger partial charge in [-0.05, 0) is 106 Å². The van der Waals surface area contributed by atoms with Crippen LogP contribution in [0.5, 0.6) is 0 Å². The van der Waals surface area contributed by atoms with Crippen molar-refractivity contribution in [2.45, 2.75) is 71.6 Å². The molecule has 0 spiro atoms. The Hall–Kier alpha value is -2.74. The number of halogens is 2. The van der Waals surface area contributed by atoms with Gasteiger partial charge in [0.2, 0.25) is 0 Å². The molecular weight excluding hydrogens is 505 g/mol. The summed E-state index contributed by atoms with van der Waals surface area (Å²) in [5.74, 6) is 0. The number of fused-ring (bicyclic) bond motifs is 2. The summed E-state index contributed by atoms with van der Waals surface area (Å²) < 4.78 is 0. The van der Waals surface area contributed by atoms with Gasteiger partial charge in [0.15, 0.2) is 0 Å². The Morgan fingerprint density at radius 1 is 0.553 bits per heavy atom. The van der Waals surface area contributed by atoms with Crippen LogP contribution in [0.15, 0.2) is 78.9 Å². The zero-order valence-corrected chi connectivity index (χ0v) is 24.8. The normalized spacial score (nSPS) is 13.5. The summed E-state index contributed by atoms with van der Waals surface area (Å²) in [7, 11) is 0. The van der Waals surface area contributed by atoms with Crippen LogP contribution in [0.3, 0.4) is 0 Å². The van der Waals surface area contributed by atoms with Gasteiger partial charge in [-0.15, -0.1) is 0 Å². The van der Waals surface area contributed by atoms with Crippen molar-refractivity contribution in [2.75, 3.05) is 4.90 Å². The number of rotatable bonds is 3. The van der Waals surface area contributed by atoms with Crippen LogP contribution in [-0.4, -0.2) is 0 Å². The molecule has 5 rings (SSSR count).